The Morgan fingerprint density at radius 2 is 1.93 bits per heavy atom. The highest BCUT2D eigenvalue weighted by molar-refractivity contribution is 7.89. The number of hydrogen-bond acceptors (Lipinski definition) is 7. The van der Waals surface area contributed by atoms with Gasteiger partial charge in [0, 0.05) is 31.1 Å². The van der Waals surface area contributed by atoms with E-state index >= 15 is 0 Å². The van der Waals surface area contributed by atoms with Crippen molar-refractivity contribution < 1.29 is 13.2 Å². The van der Waals surface area contributed by atoms with Gasteiger partial charge >= 0.3 is 0 Å². The average Bonchev–Trinajstić information content (AvgIpc) is 3.34. The lowest BCUT2D eigenvalue weighted by molar-refractivity contribution is 0.0702. The van der Waals surface area contributed by atoms with Gasteiger partial charge in [-0.15, -0.1) is 11.3 Å². The van der Waals surface area contributed by atoms with Crippen LogP contribution in [0.1, 0.15) is 33.5 Å². The number of hydrogen-bond donors (Lipinski definition) is 0. The molecule has 1 saturated heterocycles. The van der Waals surface area contributed by atoms with E-state index in [1.54, 1.807) is 23.1 Å². The van der Waals surface area contributed by atoms with E-state index in [2.05, 4.69) is 15.7 Å². The van der Waals surface area contributed by atoms with Crippen LogP contribution in [0.25, 0.3) is 11.0 Å². The van der Waals surface area contributed by atoms with Crippen molar-refractivity contribution in [2.45, 2.75) is 31.6 Å². The van der Waals surface area contributed by atoms with Crippen molar-refractivity contribution in [2.24, 2.45) is 0 Å². The molecule has 154 valence electrons. The number of aryl methyl sites for hydroxylation is 2. The molecule has 1 aromatic carbocycles. The van der Waals surface area contributed by atoms with E-state index in [0.29, 0.717) is 24.1 Å². The van der Waals surface area contributed by atoms with E-state index in [0.717, 1.165) is 29.4 Å². The predicted molar refractivity (Wildman–Crippen MR) is 115 cm³/mol. The van der Waals surface area contributed by atoms with Crippen molar-refractivity contribution in [3.8, 4) is 0 Å². The molecule has 10 heteroatoms. The Hall–Kier alpha value is -1.88. The largest absolute Gasteiger partial charge is 0.335 e. The minimum atomic E-state index is -3.68. The fraction of sp³-hybridized carbons (Fsp3) is 0.421. The lowest BCUT2D eigenvalue weighted by atomic mass is 10.1. The van der Waals surface area contributed by atoms with Crippen LogP contribution in [0.3, 0.4) is 0 Å². The molecule has 3 heterocycles. The smallest absolute Gasteiger partial charge is 0.264 e. The fourth-order valence-corrected chi connectivity index (χ4v) is 6.77. The molecule has 2 aromatic heterocycles. The molecular weight excluding hydrogens is 428 g/mol. The molecule has 1 aliphatic rings. The summed E-state index contributed by atoms with van der Waals surface area (Å²) in [5, 5.41) is 0. The third-order valence-electron chi connectivity index (χ3n) is 5.14. The Balaban J connectivity index is 1.48. The van der Waals surface area contributed by atoms with E-state index in [1.807, 2.05) is 13.0 Å². The normalized spacial score (nSPS) is 15.9. The number of carbonyl (C=O) groups excluding carboxylic acids is 1. The Morgan fingerprint density at radius 1 is 1.17 bits per heavy atom. The number of sulfonamides is 1. The summed E-state index contributed by atoms with van der Waals surface area (Å²) in [7, 11) is -3.68. The molecule has 1 fully saturated rings. The van der Waals surface area contributed by atoms with Gasteiger partial charge in [0.15, 0.2) is 0 Å². The van der Waals surface area contributed by atoms with Crippen LogP contribution in [0.4, 0.5) is 0 Å². The van der Waals surface area contributed by atoms with Crippen molar-refractivity contribution in [1.82, 2.24) is 18.0 Å². The molecule has 3 aromatic rings. The van der Waals surface area contributed by atoms with Crippen LogP contribution >= 0.6 is 23.1 Å². The van der Waals surface area contributed by atoms with Crippen LogP contribution < -0.4 is 0 Å². The second kappa shape index (κ2) is 8.10. The second-order valence-corrected chi connectivity index (χ2v) is 10.7. The van der Waals surface area contributed by atoms with Crippen LogP contribution in [0.2, 0.25) is 0 Å². The number of amides is 1. The van der Waals surface area contributed by atoms with Crippen molar-refractivity contribution in [2.75, 3.05) is 26.2 Å². The molecular formula is C19H22N4O3S3. The molecule has 0 radical (unpaired) electrons. The van der Waals surface area contributed by atoms with Crippen LogP contribution in [0, 0.1) is 6.92 Å². The molecule has 0 saturated carbocycles. The number of fused-ring (bicyclic) bond motifs is 1. The topological polar surface area (TPSA) is 83.5 Å². The fourth-order valence-electron chi connectivity index (χ4n) is 3.56. The number of carbonyl (C=O) groups is 1. The summed E-state index contributed by atoms with van der Waals surface area (Å²) in [5.74, 6) is -0.0108. The molecule has 4 rings (SSSR count). The molecule has 0 aliphatic carbocycles. The van der Waals surface area contributed by atoms with Crippen LogP contribution in [0.15, 0.2) is 29.2 Å². The number of rotatable bonds is 5. The van der Waals surface area contributed by atoms with Gasteiger partial charge in [0.2, 0.25) is 10.0 Å². The number of thiophene rings is 1. The summed E-state index contributed by atoms with van der Waals surface area (Å²) in [6.07, 6.45) is 2.02. The predicted octanol–water partition coefficient (Wildman–Crippen LogP) is 3.16. The summed E-state index contributed by atoms with van der Waals surface area (Å²) in [5.41, 5.74) is 2.22. The van der Waals surface area contributed by atoms with Crippen molar-refractivity contribution in [1.29, 1.82) is 0 Å². The summed E-state index contributed by atoms with van der Waals surface area (Å²) in [4.78, 5) is 16.7. The summed E-state index contributed by atoms with van der Waals surface area (Å²) >= 11 is 2.53. The Bertz CT molecular complexity index is 1140. The monoisotopic (exact) mass is 450 g/mol. The highest BCUT2D eigenvalue weighted by Gasteiger charge is 2.32. The van der Waals surface area contributed by atoms with E-state index < -0.39 is 10.0 Å². The van der Waals surface area contributed by atoms with Gasteiger partial charge in [-0.25, -0.2) is 8.42 Å². The zero-order valence-electron chi connectivity index (χ0n) is 16.3. The van der Waals surface area contributed by atoms with E-state index in [9.17, 15) is 13.2 Å². The molecule has 1 amide bonds. The highest BCUT2D eigenvalue weighted by Crippen LogP contribution is 2.27. The van der Waals surface area contributed by atoms with E-state index in [1.165, 1.54) is 26.1 Å². The number of nitrogens with zero attached hydrogens (tertiary/aromatic N) is 4. The van der Waals surface area contributed by atoms with Gasteiger partial charge in [0.1, 0.15) is 15.9 Å². The van der Waals surface area contributed by atoms with Gasteiger partial charge in [-0.1, -0.05) is 19.4 Å². The second-order valence-electron chi connectivity index (χ2n) is 7.03. The van der Waals surface area contributed by atoms with Gasteiger partial charge in [-0.3, -0.25) is 4.79 Å². The number of aromatic nitrogens is 2. The summed E-state index contributed by atoms with van der Waals surface area (Å²) < 4.78 is 36.0. The Labute approximate surface area is 178 Å². The van der Waals surface area contributed by atoms with E-state index in [-0.39, 0.29) is 23.9 Å². The molecule has 7 nitrogen and oxygen atoms in total. The van der Waals surface area contributed by atoms with Crippen LogP contribution in [-0.2, 0) is 16.4 Å². The first-order chi connectivity index (χ1) is 13.9. The SMILES string of the molecule is CCCc1cc(C(=O)N2CCN(S(=O)(=O)c3cccc4nsnc34)CC2)sc1C. The van der Waals surface area contributed by atoms with Gasteiger partial charge in [-0.05, 0) is 37.1 Å². The van der Waals surface area contributed by atoms with Crippen molar-refractivity contribution in [3.05, 3.63) is 39.6 Å². The number of piperazine rings is 1. The molecule has 0 N–H and O–H groups in total. The average molecular weight is 451 g/mol. The summed E-state index contributed by atoms with van der Waals surface area (Å²) in [6.45, 7) is 5.47. The standard InChI is InChI=1S/C19H22N4O3S3/c1-3-5-14-12-16(27-13(14)2)19(24)22-8-10-23(11-9-22)29(25,26)17-7-4-6-15-18(17)21-28-20-15/h4,6-7,12H,3,5,8-11H2,1-2H3. The maximum absolute atomic E-state index is 13.1. The highest BCUT2D eigenvalue weighted by atomic mass is 32.2. The zero-order chi connectivity index (χ0) is 20.6. The summed E-state index contributed by atoms with van der Waals surface area (Å²) in [6, 6.07) is 7.00. The molecule has 29 heavy (non-hydrogen) atoms. The van der Waals surface area contributed by atoms with Gasteiger partial charge in [0.25, 0.3) is 5.91 Å². The Kier molecular flexibility index (Phi) is 5.69. The number of benzene rings is 1. The minimum absolute atomic E-state index is 0.0108. The molecule has 0 unspecified atom stereocenters. The van der Waals surface area contributed by atoms with Crippen LogP contribution in [-0.4, -0.2) is 58.5 Å². The van der Waals surface area contributed by atoms with Gasteiger partial charge in [0.05, 0.1) is 16.6 Å². The van der Waals surface area contributed by atoms with Crippen molar-refractivity contribution >= 4 is 50.0 Å². The Morgan fingerprint density at radius 3 is 2.66 bits per heavy atom. The molecule has 0 spiro atoms. The first-order valence-corrected chi connectivity index (χ1v) is 12.5. The quantitative estimate of drug-likeness (QED) is 0.596. The third-order valence-corrected chi connectivity index (χ3v) is 8.70. The first-order valence-electron chi connectivity index (χ1n) is 9.52. The maximum atomic E-state index is 13.1. The molecule has 1 aliphatic heterocycles. The van der Waals surface area contributed by atoms with E-state index in [4.69, 9.17) is 0 Å². The lowest BCUT2D eigenvalue weighted by Gasteiger charge is -2.33. The molecule has 0 atom stereocenters. The first kappa shape index (κ1) is 20.4. The third kappa shape index (κ3) is 3.81. The lowest BCUT2D eigenvalue weighted by Crippen LogP contribution is -2.50. The van der Waals surface area contributed by atoms with Gasteiger partial charge in [-0.2, -0.15) is 13.1 Å². The van der Waals surface area contributed by atoms with Crippen LogP contribution in [0.5, 0.6) is 0 Å². The zero-order valence-corrected chi connectivity index (χ0v) is 18.7. The minimum Gasteiger partial charge on any atom is -0.335 e. The van der Waals surface area contributed by atoms with Crippen molar-refractivity contribution in [3.63, 3.8) is 0 Å². The maximum Gasteiger partial charge on any atom is 0.264 e. The molecule has 0 bridgehead atoms. The van der Waals surface area contributed by atoms with Gasteiger partial charge < -0.3 is 4.90 Å².